The second-order valence-electron chi connectivity index (χ2n) is 5.69. The molecule has 124 valence electrons. The molecule has 0 spiro atoms. The van der Waals surface area contributed by atoms with Crippen LogP contribution >= 0.6 is 11.6 Å². The van der Waals surface area contributed by atoms with Gasteiger partial charge in [-0.3, -0.25) is 10.1 Å². The number of piperidine rings is 1. The van der Waals surface area contributed by atoms with Gasteiger partial charge in [0.05, 0.1) is 12.1 Å². The Morgan fingerprint density at radius 3 is 2.87 bits per heavy atom. The van der Waals surface area contributed by atoms with E-state index in [-0.39, 0.29) is 17.5 Å². The molecule has 2 aromatic heterocycles. The van der Waals surface area contributed by atoms with Gasteiger partial charge >= 0.3 is 0 Å². The van der Waals surface area contributed by atoms with E-state index in [0.717, 1.165) is 31.8 Å². The largest absolute Gasteiger partial charge is 0.344 e. The van der Waals surface area contributed by atoms with E-state index >= 15 is 0 Å². The summed E-state index contributed by atoms with van der Waals surface area (Å²) in [7, 11) is 1.77. The van der Waals surface area contributed by atoms with Crippen molar-refractivity contribution >= 4 is 23.5 Å². The van der Waals surface area contributed by atoms with Gasteiger partial charge in [-0.15, -0.1) is 0 Å². The van der Waals surface area contributed by atoms with Crippen LogP contribution in [0.25, 0.3) is 0 Å². The Hall–Kier alpha value is -1.93. The summed E-state index contributed by atoms with van der Waals surface area (Å²) in [6, 6.07) is 0. The number of carbonyl (C=O) groups is 1. The van der Waals surface area contributed by atoms with Gasteiger partial charge in [0, 0.05) is 18.5 Å². The fraction of sp³-hybridized carbons (Fsp3) is 0.571. The number of aryl methyl sites for hydroxylation is 2. The number of anilines is 1. The lowest BCUT2D eigenvalue weighted by atomic mass is 9.98. The van der Waals surface area contributed by atoms with Gasteiger partial charge in [-0.25, -0.2) is 4.68 Å². The summed E-state index contributed by atoms with van der Waals surface area (Å²) in [6.45, 7) is 3.68. The molecule has 0 aromatic carbocycles. The highest BCUT2D eigenvalue weighted by atomic mass is 35.5. The minimum atomic E-state index is -0.231. The van der Waals surface area contributed by atoms with E-state index in [1.165, 1.54) is 0 Å². The average Bonchev–Trinajstić information content (AvgIpc) is 3.06. The topological polar surface area (TPSA) is 97.9 Å². The van der Waals surface area contributed by atoms with Crippen molar-refractivity contribution in [2.75, 3.05) is 18.4 Å². The molecular formula is C14H19ClN6O2. The highest BCUT2D eigenvalue weighted by Crippen LogP contribution is 2.24. The van der Waals surface area contributed by atoms with Crippen molar-refractivity contribution in [3.05, 3.63) is 22.3 Å². The second kappa shape index (κ2) is 6.67. The molecule has 1 saturated heterocycles. The molecule has 0 aliphatic carbocycles. The van der Waals surface area contributed by atoms with Gasteiger partial charge in [-0.2, -0.15) is 10.1 Å². The Morgan fingerprint density at radius 1 is 1.48 bits per heavy atom. The van der Waals surface area contributed by atoms with E-state index in [2.05, 4.69) is 25.9 Å². The van der Waals surface area contributed by atoms with Gasteiger partial charge in [-0.05, 0) is 44.5 Å². The molecule has 0 bridgehead atoms. The molecule has 3 heterocycles. The number of hydrogen-bond acceptors (Lipinski definition) is 6. The lowest BCUT2D eigenvalue weighted by molar-refractivity contribution is -0.115. The molecule has 2 aromatic rings. The molecule has 0 radical (unpaired) electrons. The minimum absolute atomic E-state index is 0.0870. The van der Waals surface area contributed by atoms with Gasteiger partial charge in [0.25, 0.3) is 0 Å². The van der Waals surface area contributed by atoms with Crippen LogP contribution in [0.2, 0.25) is 5.22 Å². The maximum Gasteiger partial charge on any atom is 0.231 e. The van der Waals surface area contributed by atoms with Crippen molar-refractivity contribution in [1.29, 1.82) is 0 Å². The summed E-state index contributed by atoms with van der Waals surface area (Å²) in [4.78, 5) is 16.7. The molecule has 0 saturated carbocycles. The van der Waals surface area contributed by atoms with Crippen molar-refractivity contribution in [3.63, 3.8) is 0 Å². The summed E-state index contributed by atoms with van der Waals surface area (Å²) < 4.78 is 6.44. The number of carbonyl (C=O) groups excluding carboxylic acids is 1. The highest BCUT2D eigenvalue weighted by molar-refractivity contribution is 6.29. The van der Waals surface area contributed by atoms with Crippen LogP contribution in [0.5, 0.6) is 0 Å². The van der Waals surface area contributed by atoms with Crippen LogP contribution in [0, 0.1) is 6.92 Å². The Balaban J connectivity index is 1.67. The van der Waals surface area contributed by atoms with Crippen molar-refractivity contribution in [2.45, 2.75) is 32.1 Å². The van der Waals surface area contributed by atoms with Crippen molar-refractivity contribution in [1.82, 2.24) is 25.2 Å². The molecule has 1 fully saturated rings. The number of hydrogen-bond donors (Lipinski definition) is 2. The number of nitrogens with zero attached hydrogens (tertiary/aromatic N) is 4. The molecule has 1 amide bonds. The maximum absolute atomic E-state index is 12.2. The second-order valence-corrected chi connectivity index (χ2v) is 6.03. The zero-order valence-corrected chi connectivity index (χ0v) is 13.9. The monoisotopic (exact) mass is 338 g/mol. The van der Waals surface area contributed by atoms with Gasteiger partial charge in [0.1, 0.15) is 0 Å². The molecule has 0 unspecified atom stereocenters. The van der Waals surface area contributed by atoms with Gasteiger partial charge in [0.2, 0.25) is 17.1 Å². The van der Waals surface area contributed by atoms with Gasteiger partial charge in [-0.1, -0.05) is 5.16 Å². The number of halogens is 1. The summed E-state index contributed by atoms with van der Waals surface area (Å²) in [5.41, 5.74) is 1.20. The van der Waals surface area contributed by atoms with Crippen LogP contribution < -0.4 is 10.6 Å². The van der Waals surface area contributed by atoms with E-state index < -0.39 is 0 Å². The molecule has 9 heteroatoms. The van der Waals surface area contributed by atoms with Crippen LogP contribution in [0.15, 0.2) is 4.52 Å². The normalized spacial score (nSPS) is 15.8. The van der Waals surface area contributed by atoms with E-state index in [4.69, 9.17) is 16.1 Å². The third kappa shape index (κ3) is 3.53. The molecule has 0 atom stereocenters. The van der Waals surface area contributed by atoms with Gasteiger partial charge < -0.3 is 9.84 Å². The first-order chi connectivity index (χ1) is 11.0. The van der Waals surface area contributed by atoms with Crippen molar-refractivity contribution in [2.24, 2.45) is 7.05 Å². The lowest BCUT2D eigenvalue weighted by Crippen LogP contribution is -2.27. The molecule has 8 nitrogen and oxygen atoms in total. The van der Waals surface area contributed by atoms with E-state index in [1.54, 1.807) is 18.7 Å². The Morgan fingerprint density at radius 2 is 2.22 bits per heavy atom. The standard InChI is InChI=1S/C14H19ClN6O2/c1-8-10(12(15)23-20-8)7-11(22)17-14-18-13(19-21(14)2)9-3-5-16-6-4-9/h9,16H,3-7H2,1-2H3,(H,17,18,19,22). The third-order valence-corrected chi connectivity index (χ3v) is 4.31. The van der Waals surface area contributed by atoms with Crippen molar-refractivity contribution < 1.29 is 9.32 Å². The van der Waals surface area contributed by atoms with Crippen LogP contribution in [0.3, 0.4) is 0 Å². The summed E-state index contributed by atoms with van der Waals surface area (Å²) in [6.07, 6.45) is 2.10. The first-order valence-electron chi connectivity index (χ1n) is 7.56. The van der Waals surface area contributed by atoms with Crippen LogP contribution in [-0.4, -0.2) is 38.9 Å². The van der Waals surface area contributed by atoms with E-state index in [9.17, 15) is 4.79 Å². The first kappa shape index (κ1) is 15.9. The maximum atomic E-state index is 12.2. The van der Waals surface area contributed by atoms with Crippen LogP contribution in [-0.2, 0) is 18.3 Å². The fourth-order valence-corrected chi connectivity index (χ4v) is 2.89. The number of amides is 1. The summed E-state index contributed by atoms with van der Waals surface area (Å²) >= 11 is 5.88. The summed E-state index contributed by atoms with van der Waals surface area (Å²) in [5, 5.41) is 14.4. The van der Waals surface area contributed by atoms with E-state index in [1.807, 2.05) is 0 Å². The van der Waals surface area contributed by atoms with Crippen molar-refractivity contribution in [3.8, 4) is 0 Å². The lowest BCUT2D eigenvalue weighted by Gasteiger charge is -2.19. The fourth-order valence-electron chi connectivity index (χ4n) is 2.65. The number of rotatable bonds is 4. The summed E-state index contributed by atoms with van der Waals surface area (Å²) in [5.74, 6) is 1.32. The highest BCUT2D eigenvalue weighted by Gasteiger charge is 2.22. The molecule has 1 aliphatic rings. The SMILES string of the molecule is Cc1noc(Cl)c1CC(=O)Nc1nc(C2CCNCC2)nn1C. The van der Waals surface area contributed by atoms with Crippen LogP contribution in [0.1, 0.15) is 35.8 Å². The zero-order chi connectivity index (χ0) is 16.4. The number of nitrogens with one attached hydrogen (secondary N) is 2. The molecule has 23 heavy (non-hydrogen) atoms. The molecular weight excluding hydrogens is 320 g/mol. The van der Waals surface area contributed by atoms with Gasteiger partial charge in [0.15, 0.2) is 5.82 Å². The predicted octanol–water partition coefficient (Wildman–Crippen LogP) is 1.41. The first-order valence-corrected chi connectivity index (χ1v) is 7.94. The Kier molecular flexibility index (Phi) is 4.63. The minimum Gasteiger partial charge on any atom is -0.344 e. The smallest absolute Gasteiger partial charge is 0.231 e. The molecule has 1 aliphatic heterocycles. The Bertz CT molecular complexity index is 685. The zero-order valence-electron chi connectivity index (χ0n) is 13.1. The molecule has 3 rings (SSSR count). The third-order valence-electron chi connectivity index (χ3n) is 4.01. The number of aromatic nitrogens is 4. The van der Waals surface area contributed by atoms with Crippen LogP contribution in [0.4, 0.5) is 5.95 Å². The quantitative estimate of drug-likeness (QED) is 0.874. The van der Waals surface area contributed by atoms with E-state index in [0.29, 0.717) is 23.1 Å². The Labute approximate surface area is 138 Å². The molecule has 2 N–H and O–H groups in total. The predicted molar refractivity (Wildman–Crippen MR) is 84.4 cm³/mol. The average molecular weight is 339 g/mol.